The van der Waals surface area contributed by atoms with Gasteiger partial charge in [-0.25, -0.2) is 12.8 Å². The molecule has 3 N–H and O–H groups in total. The van der Waals surface area contributed by atoms with Crippen molar-refractivity contribution in [3.63, 3.8) is 0 Å². The topological polar surface area (TPSA) is 119 Å². The largest absolute Gasteiger partial charge is 0.496 e. The molecule has 4 rings (SSSR count). The Morgan fingerprint density at radius 3 is 2.56 bits per heavy atom. The van der Waals surface area contributed by atoms with Crippen molar-refractivity contribution >= 4 is 33.2 Å². The number of amides is 2. The zero-order valence-electron chi connectivity index (χ0n) is 18.5. The van der Waals surface area contributed by atoms with E-state index < -0.39 is 27.7 Å². The van der Waals surface area contributed by atoms with E-state index in [1.54, 1.807) is 12.1 Å². The van der Waals surface area contributed by atoms with Crippen LogP contribution in [0.5, 0.6) is 5.75 Å². The number of rotatable bonds is 6. The third kappa shape index (κ3) is 4.08. The van der Waals surface area contributed by atoms with E-state index in [1.165, 1.54) is 42.6 Å². The molecule has 2 amide bonds. The Bertz CT molecular complexity index is 1420. The number of nitrogens with zero attached hydrogens (tertiary/aromatic N) is 1. The number of methoxy groups -OCH3 is 1. The molecule has 0 atom stereocenters. The molecule has 0 saturated carbocycles. The van der Waals surface area contributed by atoms with Crippen molar-refractivity contribution in [2.75, 3.05) is 23.3 Å². The van der Waals surface area contributed by atoms with E-state index in [0.29, 0.717) is 12.1 Å². The summed E-state index contributed by atoms with van der Waals surface area (Å²) in [5.41, 5.74) is 6.69. The highest BCUT2D eigenvalue weighted by molar-refractivity contribution is 7.92. The summed E-state index contributed by atoms with van der Waals surface area (Å²) in [4.78, 5) is 24.5. The molecule has 0 fully saturated rings. The Labute approximate surface area is 196 Å². The van der Waals surface area contributed by atoms with Gasteiger partial charge in [0.2, 0.25) is 5.91 Å². The van der Waals surface area contributed by atoms with E-state index in [9.17, 15) is 22.4 Å². The van der Waals surface area contributed by atoms with Crippen LogP contribution in [0.15, 0.2) is 59.5 Å². The van der Waals surface area contributed by atoms with Crippen LogP contribution in [0.4, 0.5) is 15.8 Å². The molecule has 0 spiro atoms. The monoisotopic (exact) mass is 483 g/mol. The number of primary amides is 1. The van der Waals surface area contributed by atoms with Crippen LogP contribution < -0.4 is 20.1 Å². The summed E-state index contributed by atoms with van der Waals surface area (Å²) in [7, 11) is -2.62. The second-order valence-corrected chi connectivity index (χ2v) is 9.63. The smallest absolute Gasteiger partial charge is 0.264 e. The summed E-state index contributed by atoms with van der Waals surface area (Å²) in [6.07, 6.45) is 0.583. The SMILES string of the molecule is COc1ccc(S(=O)(=O)N2CCc3ccccc32)cc1C(=O)Nc1cc(C(N)=O)cc(F)c1C. The fourth-order valence-electron chi connectivity index (χ4n) is 3.85. The Morgan fingerprint density at radius 1 is 1.12 bits per heavy atom. The first-order valence-corrected chi connectivity index (χ1v) is 11.8. The molecule has 0 unspecified atom stereocenters. The highest BCUT2D eigenvalue weighted by Gasteiger charge is 2.31. The number of halogens is 1. The van der Waals surface area contributed by atoms with Crippen LogP contribution in [0.25, 0.3) is 0 Å². The van der Waals surface area contributed by atoms with Crippen LogP contribution in [-0.2, 0) is 16.4 Å². The number of anilines is 2. The summed E-state index contributed by atoms with van der Waals surface area (Å²) in [6, 6.07) is 13.4. The second kappa shape index (κ2) is 8.79. The lowest BCUT2D eigenvalue weighted by molar-refractivity contribution is 0.0995. The lowest BCUT2D eigenvalue weighted by Crippen LogP contribution is -2.29. The van der Waals surface area contributed by atoms with Crippen molar-refractivity contribution < 1.29 is 27.1 Å². The molecule has 176 valence electrons. The van der Waals surface area contributed by atoms with Crippen LogP contribution >= 0.6 is 0 Å². The van der Waals surface area contributed by atoms with Gasteiger partial charge in [-0.1, -0.05) is 18.2 Å². The number of hydrogen-bond donors (Lipinski definition) is 2. The van der Waals surface area contributed by atoms with Crippen LogP contribution in [0.3, 0.4) is 0 Å². The van der Waals surface area contributed by atoms with Gasteiger partial charge in [-0.15, -0.1) is 0 Å². The van der Waals surface area contributed by atoms with Crippen molar-refractivity contribution in [2.24, 2.45) is 5.73 Å². The third-order valence-electron chi connectivity index (χ3n) is 5.73. The molecule has 1 heterocycles. The van der Waals surface area contributed by atoms with Crippen molar-refractivity contribution in [3.8, 4) is 5.75 Å². The van der Waals surface area contributed by atoms with Gasteiger partial charge in [0, 0.05) is 23.4 Å². The quantitative estimate of drug-likeness (QED) is 0.558. The number of nitrogens with one attached hydrogen (secondary N) is 1. The molecule has 3 aromatic rings. The van der Waals surface area contributed by atoms with E-state index in [4.69, 9.17) is 10.5 Å². The molecule has 8 nitrogen and oxygen atoms in total. The number of benzene rings is 3. The number of ether oxygens (including phenoxy) is 1. The summed E-state index contributed by atoms with van der Waals surface area (Å²) < 4.78 is 47.6. The zero-order valence-corrected chi connectivity index (χ0v) is 19.3. The Morgan fingerprint density at radius 2 is 1.85 bits per heavy atom. The molecule has 0 bridgehead atoms. The van der Waals surface area contributed by atoms with E-state index >= 15 is 0 Å². The highest BCUT2D eigenvalue weighted by atomic mass is 32.2. The summed E-state index contributed by atoms with van der Waals surface area (Å²) >= 11 is 0. The lowest BCUT2D eigenvalue weighted by Gasteiger charge is -2.20. The van der Waals surface area contributed by atoms with E-state index in [-0.39, 0.29) is 39.6 Å². The zero-order chi connectivity index (χ0) is 24.6. The standard InChI is InChI=1S/C24H22FN3O5S/c1-14-19(25)11-16(23(26)29)12-20(14)27-24(30)18-13-17(7-8-22(18)33-2)34(31,32)28-10-9-15-5-3-4-6-21(15)28/h3-8,11-13H,9-10H2,1-2H3,(H2,26,29)(H,27,30). The summed E-state index contributed by atoms with van der Waals surface area (Å²) in [6.45, 7) is 1.71. The van der Waals surface area contributed by atoms with E-state index in [1.807, 2.05) is 12.1 Å². The van der Waals surface area contributed by atoms with Gasteiger partial charge in [0.05, 0.1) is 23.3 Å². The summed E-state index contributed by atoms with van der Waals surface area (Å²) in [5.74, 6) is -2.18. The maximum absolute atomic E-state index is 14.2. The number of nitrogens with two attached hydrogens (primary N) is 1. The molecular formula is C24H22FN3O5S. The fraction of sp³-hybridized carbons (Fsp3) is 0.167. The van der Waals surface area contributed by atoms with Gasteiger partial charge in [-0.3, -0.25) is 13.9 Å². The minimum Gasteiger partial charge on any atom is -0.496 e. The van der Waals surface area contributed by atoms with Gasteiger partial charge in [0.1, 0.15) is 11.6 Å². The molecule has 34 heavy (non-hydrogen) atoms. The molecule has 0 aromatic heterocycles. The van der Waals surface area contributed by atoms with Crippen molar-refractivity contribution in [1.82, 2.24) is 0 Å². The number of sulfonamides is 1. The average Bonchev–Trinajstić information content (AvgIpc) is 3.26. The average molecular weight is 484 g/mol. The van der Waals surface area contributed by atoms with Gasteiger partial charge in [-0.2, -0.15) is 0 Å². The van der Waals surface area contributed by atoms with Crippen molar-refractivity contribution in [2.45, 2.75) is 18.2 Å². The maximum Gasteiger partial charge on any atom is 0.264 e. The van der Waals surface area contributed by atoms with Gasteiger partial charge in [0.25, 0.3) is 15.9 Å². The minimum absolute atomic E-state index is 0.0302. The molecule has 10 heteroatoms. The molecule has 0 aliphatic carbocycles. The fourth-order valence-corrected chi connectivity index (χ4v) is 5.38. The molecular weight excluding hydrogens is 461 g/mol. The van der Waals surface area contributed by atoms with Gasteiger partial charge < -0.3 is 15.8 Å². The summed E-state index contributed by atoms with van der Waals surface area (Å²) in [5, 5.41) is 2.53. The number of carbonyl (C=O) groups is 2. The van der Waals surface area contributed by atoms with Gasteiger partial charge in [-0.05, 0) is 55.3 Å². The predicted octanol–water partition coefficient (Wildman–Crippen LogP) is 3.25. The van der Waals surface area contributed by atoms with E-state index in [0.717, 1.165) is 11.6 Å². The maximum atomic E-state index is 14.2. The number of hydrogen-bond acceptors (Lipinski definition) is 5. The van der Waals surface area contributed by atoms with Crippen molar-refractivity contribution in [1.29, 1.82) is 0 Å². The van der Waals surface area contributed by atoms with Crippen molar-refractivity contribution in [3.05, 3.63) is 82.7 Å². The predicted molar refractivity (Wildman–Crippen MR) is 125 cm³/mol. The van der Waals surface area contributed by atoms with E-state index in [2.05, 4.69) is 5.32 Å². The lowest BCUT2D eigenvalue weighted by atomic mass is 10.1. The number of carbonyl (C=O) groups excluding carboxylic acids is 2. The van der Waals surface area contributed by atoms with Gasteiger partial charge >= 0.3 is 0 Å². The molecule has 0 saturated heterocycles. The minimum atomic E-state index is -3.96. The Hall–Kier alpha value is -3.92. The first-order chi connectivity index (χ1) is 16.1. The van der Waals surface area contributed by atoms with Crippen LogP contribution in [-0.4, -0.2) is 33.9 Å². The van der Waals surface area contributed by atoms with Gasteiger partial charge in [0.15, 0.2) is 0 Å². The van der Waals surface area contributed by atoms with Crippen LogP contribution in [0, 0.1) is 12.7 Å². The molecule has 0 radical (unpaired) electrons. The first kappa shape index (κ1) is 23.2. The number of fused-ring (bicyclic) bond motifs is 1. The molecule has 3 aromatic carbocycles. The normalized spacial score (nSPS) is 12.9. The first-order valence-electron chi connectivity index (χ1n) is 10.3. The van der Waals surface area contributed by atoms with Crippen LogP contribution in [0.2, 0.25) is 0 Å². The van der Waals surface area contributed by atoms with Crippen LogP contribution in [0.1, 0.15) is 31.8 Å². The Kier molecular flexibility index (Phi) is 6.01. The number of para-hydroxylation sites is 1. The highest BCUT2D eigenvalue weighted by Crippen LogP contribution is 2.34. The second-order valence-electron chi connectivity index (χ2n) is 7.77. The molecule has 1 aliphatic heterocycles. The third-order valence-corrected chi connectivity index (χ3v) is 7.53. The molecule has 1 aliphatic rings. The Balaban J connectivity index is 1.72.